The number of carbonyl (C=O) groups is 2. The van der Waals surface area contributed by atoms with Crippen LogP contribution in [0.4, 0.5) is 0 Å². The van der Waals surface area contributed by atoms with Crippen LogP contribution in [0.5, 0.6) is 0 Å². The van der Waals surface area contributed by atoms with Crippen LogP contribution in [0.15, 0.2) is 18.3 Å². The highest BCUT2D eigenvalue weighted by atomic mass is 16.4. The molecule has 0 radical (unpaired) electrons. The number of carboxylic acids is 1. The van der Waals surface area contributed by atoms with Crippen molar-refractivity contribution in [3.8, 4) is 0 Å². The van der Waals surface area contributed by atoms with Gasteiger partial charge in [0.05, 0.1) is 0 Å². The van der Waals surface area contributed by atoms with Gasteiger partial charge in [-0.15, -0.1) is 0 Å². The van der Waals surface area contributed by atoms with E-state index in [0.29, 0.717) is 12.1 Å². The van der Waals surface area contributed by atoms with Crippen LogP contribution in [-0.2, 0) is 16.0 Å². The van der Waals surface area contributed by atoms with E-state index < -0.39 is 12.0 Å². The number of carbonyl (C=O) groups excluding carboxylic acids is 1. The van der Waals surface area contributed by atoms with E-state index in [4.69, 9.17) is 5.11 Å². The second kappa shape index (κ2) is 5.09. The molecule has 0 aliphatic rings. The minimum absolute atomic E-state index is 0.189. The minimum Gasteiger partial charge on any atom is -0.480 e. The predicted molar refractivity (Wildman–Crippen MR) is 53.3 cm³/mol. The van der Waals surface area contributed by atoms with Gasteiger partial charge in [0.15, 0.2) is 0 Å². The Morgan fingerprint density at radius 2 is 2.40 bits per heavy atom. The van der Waals surface area contributed by atoms with Gasteiger partial charge >= 0.3 is 5.97 Å². The minimum atomic E-state index is -1.07. The van der Waals surface area contributed by atoms with Crippen molar-refractivity contribution in [1.29, 1.82) is 0 Å². The van der Waals surface area contributed by atoms with Crippen LogP contribution >= 0.6 is 0 Å². The van der Waals surface area contributed by atoms with Crippen LogP contribution in [-0.4, -0.2) is 28.5 Å². The highest BCUT2D eigenvalue weighted by Gasteiger charge is 2.16. The Kier molecular flexibility index (Phi) is 3.79. The maximum Gasteiger partial charge on any atom is 0.326 e. The number of carboxylic acid groups (broad SMARTS) is 1. The molecule has 5 nitrogen and oxygen atoms in total. The van der Waals surface area contributed by atoms with Crippen LogP contribution in [0, 0.1) is 6.92 Å². The smallest absolute Gasteiger partial charge is 0.326 e. The Balaban J connectivity index is 2.69. The van der Waals surface area contributed by atoms with E-state index in [1.165, 1.54) is 0 Å². The van der Waals surface area contributed by atoms with Gasteiger partial charge in [-0.25, -0.2) is 4.79 Å². The third-order valence-corrected chi connectivity index (χ3v) is 1.95. The topological polar surface area (TPSA) is 79.3 Å². The van der Waals surface area contributed by atoms with E-state index in [0.717, 1.165) is 5.56 Å². The molecule has 0 fully saturated rings. The molecule has 15 heavy (non-hydrogen) atoms. The van der Waals surface area contributed by atoms with Gasteiger partial charge in [-0.3, -0.25) is 9.78 Å². The van der Waals surface area contributed by atoms with Crippen LogP contribution in [0.1, 0.15) is 11.3 Å². The fourth-order valence-electron chi connectivity index (χ4n) is 1.13. The van der Waals surface area contributed by atoms with Crippen LogP contribution in [0.25, 0.3) is 0 Å². The molecule has 0 aliphatic carbocycles. The summed E-state index contributed by atoms with van der Waals surface area (Å²) >= 11 is 0. The number of hydrogen-bond donors (Lipinski definition) is 2. The number of aryl methyl sites for hydroxylation is 1. The molecule has 0 bridgehead atoms. The number of hydrogen-bond acceptors (Lipinski definition) is 3. The Bertz CT molecular complexity index is 348. The maximum atomic E-state index is 10.7. The lowest BCUT2D eigenvalue weighted by atomic mass is 10.1. The molecule has 1 atom stereocenters. The first kappa shape index (κ1) is 11.2. The first-order valence-corrected chi connectivity index (χ1v) is 4.47. The lowest BCUT2D eigenvalue weighted by Gasteiger charge is -2.10. The van der Waals surface area contributed by atoms with Crippen molar-refractivity contribution in [2.75, 3.05) is 0 Å². The first-order valence-electron chi connectivity index (χ1n) is 4.47. The van der Waals surface area contributed by atoms with E-state index in [2.05, 4.69) is 10.3 Å². The quantitative estimate of drug-likeness (QED) is 0.674. The number of nitrogens with one attached hydrogen (secondary N) is 1. The number of pyridine rings is 1. The lowest BCUT2D eigenvalue weighted by molar-refractivity contribution is -0.140. The van der Waals surface area contributed by atoms with Crippen molar-refractivity contribution in [2.45, 2.75) is 19.4 Å². The molecule has 2 N–H and O–H groups in total. The molecule has 0 saturated heterocycles. The summed E-state index contributed by atoms with van der Waals surface area (Å²) in [5.41, 5.74) is 1.65. The van der Waals surface area contributed by atoms with Gasteiger partial charge in [-0.05, 0) is 18.6 Å². The molecule has 1 aromatic heterocycles. The second-order valence-electron chi connectivity index (χ2n) is 3.21. The Morgan fingerprint density at radius 1 is 1.67 bits per heavy atom. The zero-order valence-electron chi connectivity index (χ0n) is 8.30. The van der Waals surface area contributed by atoms with E-state index in [1.54, 1.807) is 12.3 Å². The van der Waals surface area contributed by atoms with Crippen molar-refractivity contribution in [2.24, 2.45) is 0 Å². The third kappa shape index (κ3) is 3.38. The number of nitrogens with zero attached hydrogens (tertiary/aromatic N) is 1. The van der Waals surface area contributed by atoms with Gasteiger partial charge in [0, 0.05) is 18.3 Å². The van der Waals surface area contributed by atoms with Crippen LogP contribution < -0.4 is 5.32 Å². The van der Waals surface area contributed by atoms with Crippen molar-refractivity contribution in [3.05, 3.63) is 29.6 Å². The molecule has 1 unspecified atom stereocenters. The van der Waals surface area contributed by atoms with E-state index in [9.17, 15) is 9.59 Å². The number of amides is 1. The molecule has 1 rings (SSSR count). The van der Waals surface area contributed by atoms with E-state index >= 15 is 0 Å². The molecule has 5 heteroatoms. The van der Waals surface area contributed by atoms with Gasteiger partial charge in [0.1, 0.15) is 6.04 Å². The summed E-state index contributed by atoms with van der Waals surface area (Å²) in [6.07, 6.45) is 2.23. The highest BCUT2D eigenvalue weighted by molar-refractivity contribution is 5.76. The summed E-state index contributed by atoms with van der Waals surface area (Å²) in [4.78, 5) is 24.9. The van der Waals surface area contributed by atoms with Gasteiger partial charge < -0.3 is 10.4 Å². The molecular formula is C10H12N2O3. The van der Waals surface area contributed by atoms with Gasteiger partial charge in [-0.1, -0.05) is 6.07 Å². The predicted octanol–water partition coefficient (Wildman–Crippen LogP) is 0.132. The zero-order valence-corrected chi connectivity index (χ0v) is 8.30. The summed E-state index contributed by atoms with van der Waals surface area (Å²) < 4.78 is 0. The zero-order chi connectivity index (χ0) is 11.3. The fraction of sp³-hybridized carbons (Fsp3) is 0.300. The lowest BCUT2D eigenvalue weighted by Crippen LogP contribution is -2.37. The fourth-order valence-corrected chi connectivity index (χ4v) is 1.13. The molecule has 0 aromatic carbocycles. The van der Waals surface area contributed by atoms with Gasteiger partial charge in [0.25, 0.3) is 0 Å². The van der Waals surface area contributed by atoms with Crippen molar-refractivity contribution in [1.82, 2.24) is 10.3 Å². The highest BCUT2D eigenvalue weighted by Crippen LogP contribution is 2.02. The largest absolute Gasteiger partial charge is 0.480 e. The summed E-state index contributed by atoms with van der Waals surface area (Å²) in [6.45, 7) is 1.90. The molecule has 0 aliphatic heterocycles. The first-order chi connectivity index (χ1) is 7.13. The summed E-state index contributed by atoms with van der Waals surface area (Å²) in [5, 5.41) is 11.0. The van der Waals surface area contributed by atoms with E-state index in [-0.39, 0.29) is 6.42 Å². The summed E-state index contributed by atoms with van der Waals surface area (Å²) in [5.74, 6) is -1.07. The standard InChI is InChI=1S/C10H12N2O3/c1-7-2-3-8(11-5-7)4-9(10(14)15)12-6-13/h2-3,5-6,9H,4H2,1H3,(H,12,13)(H,14,15). The molecule has 1 heterocycles. The van der Waals surface area contributed by atoms with Gasteiger partial charge in [-0.2, -0.15) is 0 Å². The van der Waals surface area contributed by atoms with E-state index in [1.807, 2.05) is 13.0 Å². The molecule has 1 aromatic rings. The Labute approximate surface area is 87.1 Å². The van der Waals surface area contributed by atoms with Crippen molar-refractivity contribution >= 4 is 12.4 Å². The molecule has 80 valence electrons. The number of rotatable bonds is 5. The van der Waals surface area contributed by atoms with Crippen molar-refractivity contribution in [3.63, 3.8) is 0 Å². The maximum absolute atomic E-state index is 10.7. The second-order valence-corrected chi connectivity index (χ2v) is 3.21. The molecule has 0 spiro atoms. The van der Waals surface area contributed by atoms with Crippen molar-refractivity contribution < 1.29 is 14.7 Å². The SMILES string of the molecule is Cc1ccc(CC(NC=O)C(=O)O)nc1. The summed E-state index contributed by atoms with van der Waals surface area (Å²) in [6, 6.07) is 2.68. The normalized spacial score (nSPS) is 11.8. The third-order valence-electron chi connectivity index (χ3n) is 1.95. The molecular weight excluding hydrogens is 196 g/mol. The molecule has 0 saturated carbocycles. The number of aromatic nitrogens is 1. The Morgan fingerprint density at radius 3 is 2.87 bits per heavy atom. The average molecular weight is 208 g/mol. The summed E-state index contributed by atoms with van der Waals surface area (Å²) in [7, 11) is 0. The average Bonchev–Trinajstić information content (AvgIpc) is 2.20. The van der Waals surface area contributed by atoms with Gasteiger partial charge in [0.2, 0.25) is 6.41 Å². The molecule has 1 amide bonds. The van der Waals surface area contributed by atoms with Crippen LogP contribution in [0.2, 0.25) is 0 Å². The Hall–Kier alpha value is -1.91. The number of aliphatic carboxylic acids is 1. The van der Waals surface area contributed by atoms with Crippen LogP contribution in [0.3, 0.4) is 0 Å². The monoisotopic (exact) mass is 208 g/mol.